The average Bonchev–Trinajstić information content (AvgIpc) is 3.05. The van der Waals surface area contributed by atoms with Crippen molar-refractivity contribution >= 4 is 17.7 Å². The first-order valence-corrected chi connectivity index (χ1v) is 6.72. The highest BCUT2D eigenvalue weighted by atomic mass is 16.6. The number of furan rings is 1. The number of carbonyl (C=O) groups excluding carboxylic acids is 1. The predicted molar refractivity (Wildman–Crippen MR) is 82.0 cm³/mol. The van der Waals surface area contributed by atoms with E-state index in [1.165, 1.54) is 18.2 Å². The number of carbonyl (C=O) groups is 1. The molecule has 0 saturated heterocycles. The molecule has 0 N–H and O–H groups in total. The Hall–Kier alpha value is -2.89. The van der Waals surface area contributed by atoms with Gasteiger partial charge in [-0.25, -0.2) is 0 Å². The van der Waals surface area contributed by atoms with E-state index < -0.39 is 4.92 Å². The van der Waals surface area contributed by atoms with E-state index in [2.05, 4.69) is 0 Å². The van der Waals surface area contributed by atoms with Gasteiger partial charge in [-0.3, -0.25) is 14.9 Å². The number of nitro benzene ring substituents is 1. The third-order valence-corrected chi connectivity index (χ3v) is 3.41. The second-order valence-electron chi connectivity index (χ2n) is 4.82. The number of hydrogen-bond acceptors (Lipinski definition) is 4. The van der Waals surface area contributed by atoms with Gasteiger partial charge in [-0.15, -0.1) is 0 Å². The maximum Gasteiger partial charge on any atom is 0.269 e. The molecule has 0 fully saturated rings. The molecule has 0 aliphatic carbocycles. The van der Waals surface area contributed by atoms with Crippen molar-refractivity contribution in [1.82, 2.24) is 4.90 Å². The second kappa shape index (κ2) is 6.71. The molecule has 1 heterocycles. The first-order valence-electron chi connectivity index (χ1n) is 6.72. The highest BCUT2D eigenvalue weighted by Gasteiger charge is 2.17. The summed E-state index contributed by atoms with van der Waals surface area (Å²) >= 11 is 0. The summed E-state index contributed by atoms with van der Waals surface area (Å²) in [7, 11) is 1.69. The van der Waals surface area contributed by atoms with Crippen molar-refractivity contribution < 1.29 is 14.1 Å². The smallest absolute Gasteiger partial charge is 0.269 e. The average molecular weight is 300 g/mol. The lowest BCUT2D eigenvalue weighted by Crippen LogP contribution is -2.27. The van der Waals surface area contributed by atoms with Crippen LogP contribution in [0.4, 0.5) is 5.69 Å². The van der Waals surface area contributed by atoms with Gasteiger partial charge in [0, 0.05) is 25.3 Å². The summed E-state index contributed by atoms with van der Waals surface area (Å²) in [6.07, 6.45) is 4.62. The van der Waals surface area contributed by atoms with Gasteiger partial charge in [0.2, 0.25) is 5.91 Å². The standard InChI is InChI=1S/C16H16N2O4/c1-12(15-4-3-11-22-15)17(2)16(19)10-7-13-5-8-14(9-6-13)18(20)21/h3-12H,1-2H3/b10-7+. The van der Waals surface area contributed by atoms with Crippen LogP contribution in [0.3, 0.4) is 0 Å². The molecule has 1 aromatic carbocycles. The molecule has 0 saturated carbocycles. The van der Waals surface area contributed by atoms with Crippen molar-refractivity contribution in [3.05, 3.63) is 70.2 Å². The van der Waals surface area contributed by atoms with Crippen LogP contribution < -0.4 is 0 Å². The molecule has 2 aromatic rings. The second-order valence-corrected chi connectivity index (χ2v) is 4.82. The van der Waals surface area contributed by atoms with Crippen LogP contribution in [-0.4, -0.2) is 22.8 Å². The van der Waals surface area contributed by atoms with E-state index in [0.29, 0.717) is 5.76 Å². The SMILES string of the molecule is CC(c1ccco1)N(C)C(=O)/C=C/c1ccc([N+](=O)[O-])cc1. The molecule has 1 atom stereocenters. The molecule has 1 aromatic heterocycles. The fourth-order valence-corrected chi connectivity index (χ4v) is 1.90. The van der Waals surface area contributed by atoms with Gasteiger partial charge in [0.1, 0.15) is 5.76 Å². The summed E-state index contributed by atoms with van der Waals surface area (Å²) < 4.78 is 5.28. The van der Waals surface area contributed by atoms with E-state index in [9.17, 15) is 14.9 Å². The minimum atomic E-state index is -0.461. The van der Waals surface area contributed by atoms with E-state index >= 15 is 0 Å². The van der Waals surface area contributed by atoms with Gasteiger partial charge < -0.3 is 9.32 Å². The van der Waals surface area contributed by atoms with Gasteiger partial charge in [0.25, 0.3) is 5.69 Å². The molecule has 6 nitrogen and oxygen atoms in total. The summed E-state index contributed by atoms with van der Waals surface area (Å²) in [6.45, 7) is 1.87. The van der Waals surface area contributed by atoms with Crippen molar-refractivity contribution in [2.75, 3.05) is 7.05 Å². The van der Waals surface area contributed by atoms with E-state index in [-0.39, 0.29) is 17.6 Å². The van der Waals surface area contributed by atoms with Gasteiger partial charge in [-0.05, 0) is 42.8 Å². The Morgan fingerprint density at radius 3 is 2.55 bits per heavy atom. The topological polar surface area (TPSA) is 76.6 Å². The van der Waals surface area contributed by atoms with Crippen molar-refractivity contribution in [3.8, 4) is 0 Å². The molecule has 0 radical (unpaired) electrons. The number of nitro groups is 1. The van der Waals surface area contributed by atoms with E-state index in [1.54, 1.807) is 42.5 Å². The van der Waals surface area contributed by atoms with Gasteiger partial charge in [0.15, 0.2) is 0 Å². The number of amides is 1. The van der Waals surface area contributed by atoms with E-state index in [4.69, 9.17) is 4.42 Å². The highest BCUT2D eigenvalue weighted by Crippen LogP contribution is 2.19. The third kappa shape index (κ3) is 3.60. The molecule has 0 aliphatic heterocycles. The van der Waals surface area contributed by atoms with Crippen LogP contribution in [0, 0.1) is 10.1 Å². The molecule has 1 unspecified atom stereocenters. The Morgan fingerprint density at radius 1 is 1.32 bits per heavy atom. The molecule has 6 heteroatoms. The maximum atomic E-state index is 12.1. The van der Waals surface area contributed by atoms with Crippen molar-refractivity contribution in [2.45, 2.75) is 13.0 Å². The lowest BCUT2D eigenvalue weighted by Gasteiger charge is -2.21. The van der Waals surface area contributed by atoms with Crippen LogP contribution in [0.25, 0.3) is 6.08 Å². The summed E-state index contributed by atoms with van der Waals surface area (Å²) in [4.78, 5) is 23.8. The summed E-state index contributed by atoms with van der Waals surface area (Å²) in [6, 6.07) is 9.41. The summed E-state index contributed by atoms with van der Waals surface area (Å²) in [5.74, 6) is 0.529. The molecule has 22 heavy (non-hydrogen) atoms. The first kappa shape index (κ1) is 15.5. The first-order chi connectivity index (χ1) is 10.5. The molecular formula is C16H16N2O4. The maximum absolute atomic E-state index is 12.1. The van der Waals surface area contributed by atoms with Crippen LogP contribution in [0.2, 0.25) is 0 Å². The fourth-order valence-electron chi connectivity index (χ4n) is 1.90. The highest BCUT2D eigenvalue weighted by molar-refractivity contribution is 5.91. The number of non-ortho nitro benzene ring substituents is 1. The van der Waals surface area contributed by atoms with Gasteiger partial charge in [0.05, 0.1) is 17.2 Å². The summed E-state index contributed by atoms with van der Waals surface area (Å²) in [5.41, 5.74) is 0.741. The van der Waals surface area contributed by atoms with E-state index in [1.807, 2.05) is 13.0 Å². The molecule has 0 bridgehead atoms. The third-order valence-electron chi connectivity index (χ3n) is 3.41. The number of benzene rings is 1. The lowest BCUT2D eigenvalue weighted by atomic mass is 10.2. The van der Waals surface area contributed by atoms with Crippen LogP contribution >= 0.6 is 0 Å². The quantitative estimate of drug-likeness (QED) is 0.481. The van der Waals surface area contributed by atoms with Gasteiger partial charge in [-0.1, -0.05) is 0 Å². The molecule has 114 valence electrons. The number of rotatable bonds is 5. The molecule has 2 rings (SSSR count). The normalized spacial score (nSPS) is 12.3. The largest absolute Gasteiger partial charge is 0.467 e. The van der Waals surface area contributed by atoms with E-state index in [0.717, 1.165) is 5.56 Å². The zero-order valence-electron chi connectivity index (χ0n) is 12.3. The zero-order valence-corrected chi connectivity index (χ0v) is 12.3. The van der Waals surface area contributed by atoms with Gasteiger partial charge >= 0.3 is 0 Å². The number of likely N-dealkylation sites (N-methyl/N-ethyl adjacent to an activating group) is 1. The number of nitrogens with zero attached hydrogens (tertiary/aromatic N) is 2. The summed E-state index contributed by atoms with van der Waals surface area (Å²) in [5, 5.41) is 10.6. The minimum Gasteiger partial charge on any atom is -0.467 e. The minimum absolute atomic E-state index is 0.0204. The fraction of sp³-hybridized carbons (Fsp3) is 0.188. The Morgan fingerprint density at radius 2 is 2.00 bits per heavy atom. The molecule has 0 spiro atoms. The van der Waals surface area contributed by atoms with Crippen LogP contribution in [0.15, 0.2) is 53.2 Å². The van der Waals surface area contributed by atoms with Crippen molar-refractivity contribution in [3.63, 3.8) is 0 Å². The van der Waals surface area contributed by atoms with Gasteiger partial charge in [-0.2, -0.15) is 0 Å². The Labute approximate surface area is 127 Å². The van der Waals surface area contributed by atoms with Crippen LogP contribution in [-0.2, 0) is 4.79 Å². The van der Waals surface area contributed by atoms with Crippen LogP contribution in [0.1, 0.15) is 24.3 Å². The molecular weight excluding hydrogens is 284 g/mol. The number of hydrogen-bond donors (Lipinski definition) is 0. The van der Waals surface area contributed by atoms with Crippen LogP contribution in [0.5, 0.6) is 0 Å². The monoisotopic (exact) mass is 300 g/mol. The van der Waals surface area contributed by atoms with Crippen molar-refractivity contribution in [1.29, 1.82) is 0 Å². The van der Waals surface area contributed by atoms with Crippen molar-refractivity contribution in [2.24, 2.45) is 0 Å². The Kier molecular flexibility index (Phi) is 4.73. The Balaban J connectivity index is 2.02. The molecule has 0 aliphatic rings. The predicted octanol–water partition coefficient (Wildman–Crippen LogP) is 3.42. The molecule has 1 amide bonds. The zero-order chi connectivity index (χ0) is 16.1. The lowest BCUT2D eigenvalue weighted by molar-refractivity contribution is -0.384. The Bertz CT molecular complexity index is 675.